The van der Waals surface area contributed by atoms with Gasteiger partial charge in [-0.25, -0.2) is 9.97 Å². The number of carbonyl (C=O) groups is 1. The van der Waals surface area contributed by atoms with Gasteiger partial charge >= 0.3 is 0 Å². The van der Waals surface area contributed by atoms with E-state index >= 15 is 0 Å². The number of benzene rings is 1. The Bertz CT molecular complexity index is 861. The third kappa shape index (κ3) is 3.06. The summed E-state index contributed by atoms with van der Waals surface area (Å²) in [4.78, 5) is 27.0. The highest BCUT2D eigenvalue weighted by Crippen LogP contribution is 2.31. The molecule has 0 bridgehead atoms. The maximum atomic E-state index is 12.2. The number of rotatable bonds is 3. The first-order valence-corrected chi connectivity index (χ1v) is 8.42. The molecule has 1 saturated heterocycles. The second-order valence-corrected chi connectivity index (χ2v) is 6.33. The van der Waals surface area contributed by atoms with E-state index in [1.54, 1.807) is 11.3 Å². The van der Waals surface area contributed by atoms with Gasteiger partial charge in [-0.1, -0.05) is 11.3 Å². The van der Waals surface area contributed by atoms with Crippen molar-refractivity contribution >= 4 is 38.3 Å². The molecule has 1 aliphatic heterocycles. The van der Waals surface area contributed by atoms with E-state index in [0.717, 1.165) is 47.3 Å². The highest BCUT2D eigenvalue weighted by atomic mass is 32.1. The molecule has 1 N–H and O–H groups in total. The van der Waals surface area contributed by atoms with Crippen molar-refractivity contribution in [2.75, 3.05) is 36.5 Å². The van der Waals surface area contributed by atoms with E-state index in [4.69, 9.17) is 4.74 Å². The number of ether oxygens (including phenoxy) is 1. The maximum Gasteiger partial charge on any atom is 0.275 e. The summed E-state index contributed by atoms with van der Waals surface area (Å²) in [6.45, 7) is 3.18. The smallest absolute Gasteiger partial charge is 0.275 e. The minimum atomic E-state index is -0.277. The van der Waals surface area contributed by atoms with Crippen molar-refractivity contribution in [3.63, 3.8) is 0 Å². The second kappa shape index (κ2) is 6.50. The normalized spacial score (nSPS) is 14.8. The van der Waals surface area contributed by atoms with Gasteiger partial charge in [-0.2, -0.15) is 0 Å². The topological polar surface area (TPSA) is 80.2 Å². The third-order valence-electron chi connectivity index (χ3n) is 3.71. The lowest BCUT2D eigenvalue weighted by atomic mass is 10.3. The highest BCUT2D eigenvalue weighted by molar-refractivity contribution is 7.22. The zero-order valence-electron chi connectivity index (χ0n) is 12.8. The molecule has 8 heteroatoms. The van der Waals surface area contributed by atoms with Crippen LogP contribution in [0.5, 0.6) is 0 Å². The van der Waals surface area contributed by atoms with Crippen molar-refractivity contribution in [1.82, 2.24) is 15.0 Å². The molecule has 24 heavy (non-hydrogen) atoms. The van der Waals surface area contributed by atoms with Crippen molar-refractivity contribution in [2.45, 2.75) is 0 Å². The van der Waals surface area contributed by atoms with Crippen LogP contribution < -0.4 is 10.2 Å². The molecule has 1 amide bonds. The molecule has 1 aromatic carbocycles. The summed E-state index contributed by atoms with van der Waals surface area (Å²) >= 11 is 1.62. The minimum Gasteiger partial charge on any atom is -0.378 e. The number of aromatic nitrogens is 3. The number of nitrogens with zero attached hydrogens (tertiary/aromatic N) is 4. The fourth-order valence-corrected chi connectivity index (χ4v) is 3.55. The van der Waals surface area contributed by atoms with Gasteiger partial charge in [-0.05, 0) is 18.2 Å². The third-order valence-corrected chi connectivity index (χ3v) is 4.79. The fraction of sp³-hybridized carbons (Fsp3) is 0.250. The van der Waals surface area contributed by atoms with Crippen LogP contribution in [0.3, 0.4) is 0 Å². The van der Waals surface area contributed by atoms with Crippen molar-refractivity contribution in [3.05, 3.63) is 42.5 Å². The Labute approximate surface area is 142 Å². The number of morpholine rings is 1. The molecular weight excluding hydrogens is 326 g/mol. The number of anilines is 2. The lowest BCUT2D eigenvalue weighted by molar-refractivity contribution is 0.102. The molecular formula is C16H15N5O2S. The summed E-state index contributed by atoms with van der Waals surface area (Å²) in [6, 6.07) is 5.70. The molecule has 4 rings (SSSR count). The van der Waals surface area contributed by atoms with Crippen LogP contribution in [0.4, 0.5) is 10.8 Å². The molecule has 122 valence electrons. The van der Waals surface area contributed by atoms with Gasteiger partial charge in [0.25, 0.3) is 5.91 Å². The summed E-state index contributed by atoms with van der Waals surface area (Å²) in [5, 5.41) is 3.83. The monoisotopic (exact) mass is 341 g/mol. The SMILES string of the molecule is O=C(Nc1ccc2nc(N3CCOCC3)sc2c1)c1cnccn1. The van der Waals surface area contributed by atoms with Crippen LogP contribution in [-0.4, -0.2) is 47.2 Å². The first kappa shape index (κ1) is 15.0. The summed E-state index contributed by atoms with van der Waals surface area (Å²) in [5.41, 5.74) is 1.94. The minimum absolute atomic E-state index is 0.277. The molecule has 3 heterocycles. The zero-order valence-corrected chi connectivity index (χ0v) is 13.6. The van der Waals surface area contributed by atoms with Gasteiger partial charge in [0.15, 0.2) is 5.13 Å². The Morgan fingerprint density at radius 2 is 2.12 bits per heavy atom. The molecule has 0 unspecified atom stereocenters. The largest absolute Gasteiger partial charge is 0.378 e. The van der Waals surface area contributed by atoms with Gasteiger partial charge in [0.05, 0.1) is 29.6 Å². The molecule has 1 fully saturated rings. The average molecular weight is 341 g/mol. The molecule has 0 atom stereocenters. The van der Waals surface area contributed by atoms with Crippen LogP contribution in [0, 0.1) is 0 Å². The first-order chi connectivity index (χ1) is 11.8. The van der Waals surface area contributed by atoms with Crippen molar-refractivity contribution in [3.8, 4) is 0 Å². The Morgan fingerprint density at radius 3 is 2.92 bits per heavy atom. The maximum absolute atomic E-state index is 12.2. The second-order valence-electron chi connectivity index (χ2n) is 5.32. The Kier molecular flexibility index (Phi) is 4.06. The number of carbonyl (C=O) groups excluding carboxylic acids is 1. The number of hydrogen-bond donors (Lipinski definition) is 1. The van der Waals surface area contributed by atoms with Crippen LogP contribution in [0.25, 0.3) is 10.2 Å². The predicted molar refractivity (Wildman–Crippen MR) is 92.6 cm³/mol. The van der Waals surface area contributed by atoms with Crippen molar-refractivity contribution in [2.24, 2.45) is 0 Å². The highest BCUT2D eigenvalue weighted by Gasteiger charge is 2.16. The standard InChI is InChI=1S/C16H15N5O2S/c22-15(13-10-17-3-4-18-13)19-11-1-2-12-14(9-11)24-16(20-12)21-5-7-23-8-6-21/h1-4,9-10H,5-8H2,(H,19,22). The zero-order chi connectivity index (χ0) is 16.4. The summed E-state index contributed by atoms with van der Waals surface area (Å²) < 4.78 is 6.41. The van der Waals surface area contributed by atoms with Gasteiger partial charge < -0.3 is 15.0 Å². The molecule has 0 aliphatic carbocycles. The molecule has 0 spiro atoms. The van der Waals surface area contributed by atoms with E-state index in [-0.39, 0.29) is 11.6 Å². The van der Waals surface area contributed by atoms with Gasteiger partial charge in [-0.3, -0.25) is 9.78 Å². The van der Waals surface area contributed by atoms with Crippen LogP contribution in [0.1, 0.15) is 10.5 Å². The lowest BCUT2D eigenvalue weighted by Gasteiger charge is -2.25. The summed E-state index contributed by atoms with van der Waals surface area (Å²) in [7, 11) is 0. The van der Waals surface area contributed by atoms with Crippen LogP contribution in [-0.2, 0) is 4.74 Å². The van der Waals surface area contributed by atoms with Gasteiger partial charge in [0.2, 0.25) is 0 Å². The lowest BCUT2D eigenvalue weighted by Crippen LogP contribution is -2.36. The Balaban J connectivity index is 1.55. The predicted octanol–water partition coefficient (Wildman–Crippen LogP) is 2.18. The van der Waals surface area contributed by atoms with E-state index in [1.165, 1.54) is 18.6 Å². The molecule has 0 radical (unpaired) electrons. The van der Waals surface area contributed by atoms with Crippen LogP contribution >= 0.6 is 11.3 Å². The number of fused-ring (bicyclic) bond motifs is 1. The Morgan fingerprint density at radius 1 is 1.25 bits per heavy atom. The van der Waals surface area contributed by atoms with Crippen LogP contribution in [0.15, 0.2) is 36.8 Å². The molecule has 2 aromatic heterocycles. The number of thiazole rings is 1. The Hall–Kier alpha value is -2.58. The number of nitrogens with one attached hydrogen (secondary N) is 1. The quantitative estimate of drug-likeness (QED) is 0.786. The summed E-state index contributed by atoms with van der Waals surface area (Å²) in [6.07, 6.45) is 4.47. The molecule has 1 aliphatic rings. The van der Waals surface area contributed by atoms with Gasteiger partial charge in [-0.15, -0.1) is 0 Å². The van der Waals surface area contributed by atoms with Crippen LogP contribution in [0.2, 0.25) is 0 Å². The average Bonchev–Trinajstić information content (AvgIpc) is 3.06. The van der Waals surface area contributed by atoms with E-state index < -0.39 is 0 Å². The van der Waals surface area contributed by atoms with E-state index in [0.29, 0.717) is 0 Å². The van der Waals surface area contributed by atoms with Crippen molar-refractivity contribution < 1.29 is 9.53 Å². The first-order valence-electron chi connectivity index (χ1n) is 7.60. The fourth-order valence-electron chi connectivity index (χ4n) is 2.49. The number of hydrogen-bond acceptors (Lipinski definition) is 7. The molecule has 7 nitrogen and oxygen atoms in total. The van der Waals surface area contributed by atoms with E-state index in [9.17, 15) is 4.79 Å². The van der Waals surface area contributed by atoms with Crippen molar-refractivity contribution in [1.29, 1.82) is 0 Å². The molecule has 0 saturated carbocycles. The van der Waals surface area contributed by atoms with Gasteiger partial charge in [0.1, 0.15) is 5.69 Å². The number of amides is 1. The molecule has 3 aromatic rings. The van der Waals surface area contributed by atoms with Gasteiger partial charge in [0, 0.05) is 31.2 Å². The van der Waals surface area contributed by atoms with E-state index in [1.807, 2.05) is 18.2 Å². The summed E-state index contributed by atoms with van der Waals surface area (Å²) in [5.74, 6) is -0.277. The van der Waals surface area contributed by atoms with E-state index in [2.05, 4.69) is 25.2 Å².